The molecule has 0 amide bonds. The summed E-state index contributed by atoms with van der Waals surface area (Å²) in [6, 6.07) is 11.8. The summed E-state index contributed by atoms with van der Waals surface area (Å²) >= 11 is 0. The molecule has 2 N–H and O–H groups in total. The Labute approximate surface area is 196 Å². The number of rotatable bonds is 11. The third-order valence-electron chi connectivity index (χ3n) is 4.08. The van der Waals surface area contributed by atoms with Crippen molar-refractivity contribution >= 4 is 29.9 Å². The second-order valence-corrected chi connectivity index (χ2v) is 6.62. The molecular weight excluding hydrogens is 495 g/mol. The maximum absolute atomic E-state index is 6.01. The standard InChI is InChI=1S/C22H32N4O3.HI/c1-5-23-22(25-14-18(3)29-20-9-7-6-8-17(20)2)26-16-19-10-11-21(24-15-19)28-13-12-27-4;/h6-11,15,18H,5,12-14,16H2,1-4H3,(H2,23,25,26);1H. The van der Waals surface area contributed by atoms with Crippen LogP contribution in [0.1, 0.15) is 25.0 Å². The van der Waals surface area contributed by atoms with Gasteiger partial charge in [0.1, 0.15) is 18.5 Å². The van der Waals surface area contributed by atoms with Crippen molar-refractivity contribution in [2.75, 3.05) is 33.4 Å². The predicted octanol–water partition coefficient (Wildman–Crippen LogP) is 3.56. The van der Waals surface area contributed by atoms with E-state index in [9.17, 15) is 0 Å². The minimum atomic E-state index is 0. The number of guanidine groups is 1. The lowest BCUT2D eigenvalue weighted by Gasteiger charge is -2.18. The number of pyridine rings is 1. The molecule has 2 aromatic rings. The number of aliphatic imine (C=N–C) groups is 1. The van der Waals surface area contributed by atoms with Gasteiger partial charge >= 0.3 is 0 Å². The Morgan fingerprint density at radius 1 is 1.13 bits per heavy atom. The SMILES string of the molecule is CCNC(=NCc1ccc(OCCOC)nc1)NCC(C)Oc1ccccc1C.I. The first-order valence-electron chi connectivity index (χ1n) is 9.93. The van der Waals surface area contributed by atoms with Crippen LogP contribution < -0.4 is 20.1 Å². The molecule has 1 heterocycles. The Morgan fingerprint density at radius 3 is 2.60 bits per heavy atom. The number of aryl methyl sites for hydroxylation is 1. The van der Waals surface area contributed by atoms with Crippen LogP contribution in [0.3, 0.4) is 0 Å². The molecule has 0 saturated heterocycles. The highest BCUT2D eigenvalue weighted by Gasteiger charge is 2.07. The topological polar surface area (TPSA) is 77.0 Å². The van der Waals surface area contributed by atoms with Crippen LogP contribution in [0, 0.1) is 6.92 Å². The van der Waals surface area contributed by atoms with Gasteiger partial charge in [-0.15, -0.1) is 24.0 Å². The van der Waals surface area contributed by atoms with Crippen molar-refractivity contribution in [1.29, 1.82) is 0 Å². The van der Waals surface area contributed by atoms with Gasteiger partial charge in [0.25, 0.3) is 0 Å². The highest BCUT2D eigenvalue weighted by atomic mass is 127. The number of ether oxygens (including phenoxy) is 3. The highest BCUT2D eigenvalue weighted by molar-refractivity contribution is 14.0. The molecule has 1 unspecified atom stereocenters. The number of halogens is 1. The summed E-state index contributed by atoms with van der Waals surface area (Å²) < 4.78 is 16.4. The third-order valence-corrected chi connectivity index (χ3v) is 4.08. The Morgan fingerprint density at radius 2 is 1.93 bits per heavy atom. The van der Waals surface area contributed by atoms with E-state index in [1.807, 2.05) is 57.2 Å². The number of hydrogen-bond donors (Lipinski definition) is 2. The Kier molecular flexibility index (Phi) is 12.8. The number of benzene rings is 1. The summed E-state index contributed by atoms with van der Waals surface area (Å²) in [6.45, 7) is 9.09. The highest BCUT2D eigenvalue weighted by Crippen LogP contribution is 2.17. The van der Waals surface area contributed by atoms with Gasteiger partial charge < -0.3 is 24.8 Å². The Bertz CT molecular complexity index is 756. The number of hydrogen-bond acceptors (Lipinski definition) is 5. The van der Waals surface area contributed by atoms with Gasteiger partial charge in [-0.2, -0.15) is 0 Å². The monoisotopic (exact) mass is 528 g/mol. The van der Waals surface area contributed by atoms with Crippen LogP contribution in [0.4, 0.5) is 0 Å². The molecule has 0 saturated carbocycles. The van der Waals surface area contributed by atoms with Gasteiger partial charge in [-0.25, -0.2) is 9.98 Å². The molecule has 1 aromatic carbocycles. The molecule has 1 aromatic heterocycles. The van der Waals surface area contributed by atoms with E-state index >= 15 is 0 Å². The van der Waals surface area contributed by atoms with E-state index in [0.29, 0.717) is 32.2 Å². The van der Waals surface area contributed by atoms with Gasteiger partial charge in [0.15, 0.2) is 5.96 Å². The number of para-hydroxylation sites is 1. The summed E-state index contributed by atoms with van der Waals surface area (Å²) in [5.41, 5.74) is 2.13. The average molecular weight is 528 g/mol. The van der Waals surface area contributed by atoms with E-state index < -0.39 is 0 Å². The maximum Gasteiger partial charge on any atom is 0.213 e. The van der Waals surface area contributed by atoms with Crippen molar-refractivity contribution in [2.45, 2.75) is 33.4 Å². The first-order chi connectivity index (χ1) is 14.1. The zero-order valence-corrected chi connectivity index (χ0v) is 20.5. The van der Waals surface area contributed by atoms with Crippen molar-refractivity contribution in [3.63, 3.8) is 0 Å². The summed E-state index contributed by atoms with van der Waals surface area (Å²) in [5, 5.41) is 6.58. The first-order valence-corrected chi connectivity index (χ1v) is 9.93. The fourth-order valence-electron chi connectivity index (χ4n) is 2.52. The molecule has 8 heteroatoms. The molecule has 0 aliphatic rings. The van der Waals surface area contributed by atoms with E-state index in [4.69, 9.17) is 14.2 Å². The molecule has 0 aliphatic heterocycles. The quantitative estimate of drug-likeness (QED) is 0.201. The van der Waals surface area contributed by atoms with Crippen LogP contribution in [0.2, 0.25) is 0 Å². The number of nitrogens with zero attached hydrogens (tertiary/aromatic N) is 2. The number of methoxy groups -OCH3 is 1. The molecule has 2 rings (SSSR count). The second-order valence-electron chi connectivity index (χ2n) is 6.62. The van der Waals surface area contributed by atoms with Crippen LogP contribution in [0.15, 0.2) is 47.6 Å². The second kappa shape index (κ2) is 14.8. The molecule has 0 fully saturated rings. The van der Waals surface area contributed by atoms with E-state index in [2.05, 4.69) is 20.6 Å². The molecule has 0 aliphatic carbocycles. The van der Waals surface area contributed by atoms with Crippen LogP contribution in [-0.4, -0.2) is 50.5 Å². The van der Waals surface area contributed by atoms with E-state index in [0.717, 1.165) is 29.4 Å². The molecule has 0 bridgehead atoms. The molecule has 7 nitrogen and oxygen atoms in total. The lowest BCUT2D eigenvalue weighted by atomic mass is 10.2. The molecule has 166 valence electrons. The van der Waals surface area contributed by atoms with Gasteiger partial charge in [-0.1, -0.05) is 24.3 Å². The van der Waals surface area contributed by atoms with Crippen molar-refractivity contribution < 1.29 is 14.2 Å². The lowest BCUT2D eigenvalue weighted by molar-refractivity contribution is 0.143. The van der Waals surface area contributed by atoms with Crippen LogP contribution in [0.25, 0.3) is 0 Å². The maximum atomic E-state index is 6.01. The van der Waals surface area contributed by atoms with Crippen molar-refractivity contribution in [3.8, 4) is 11.6 Å². The van der Waals surface area contributed by atoms with Crippen molar-refractivity contribution in [2.24, 2.45) is 4.99 Å². The minimum Gasteiger partial charge on any atom is -0.489 e. The van der Waals surface area contributed by atoms with Crippen molar-refractivity contribution in [1.82, 2.24) is 15.6 Å². The van der Waals surface area contributed by atoms with Crippen LogP contribution >= 0.6 is 24.0 Å². The van der Waals surface area contributed by atoms with Gasteiger partial charge in [-0.05, 0) is 38.0 Å². The lowest BCUT2D eigenvalue weighted by Crippen LogP contribution is -2.41. The van der Waals surface area contributed by atoms with E-state index in [1.165, 1.54) is 0 Å². The van der Waals surface area contributed by atoms with Gasteiger partial charge in [0.05, 0.1) is 19.7 Å². The zero-order chi connectivity index (χ0) is 20.9. The summed E-state index contributed by atoms with van der Waals surface area (Å²) in [5.74, 6) is 2.23. The van der Waals surface area contributed by atoms with Gasteiger partial charge in [0.2, 0.25) is 5.88 Å². The van der Waals surface area contributed by atoms with E-state index in [-0.39, 0.29) is 30.1 Å². The normalized spacial score (nSPS) is 11.9. The summed E-state index contributed by atoms with van der Waals surface area (Å²) in [6.07, 6.45) is 1.78. The number of nitrogens with one attached hydrogen (secondary N) is 2. The molecule has 0 spiro atoms. The minimum absolute atomic E-state index is 0. The fraction of sp³-hybridized carbons (Fsp3) is 0.455. The predicted molar refractivity (Wildman–Crippen MR) is 131 cm³/mol. The Balaban J connectivity index is 0.00000450. The molecular formula is C22H33IN4O3. The first kappa shape index (κ1) is 26.0. The average Bonchev–Trinajstić information content (AvgIpc) is 2.73. The summed E-state index contributed by atoms with van der Waals surface area (Å²) in [7, 11) is 1.64. The van der Waals surface area contributed by atoms with Crippen LogP contribution in [-0.2, 0) is 11.3 Å². The van der Waals surface area contributed by atoms with Crippen molar-refractivity contribution in [3.05, 3.63) is 53.7 Å². The third kappa shape index (κ3) is 9.62. The van der Waals surface area contributed by atoms with Gasteiger partial charge in [0, 0.05) is 25.9 Å². The molecule has 0 radical (unpaired) electrons. The van der Waals surface area contributed by atoms with Gasteiger partial charge in [-0.3, -0.25) is 0 Å². The molecule has 1 atom stereocenters. The van der Waals surface area contributed by atoms with Crippen LogP contribution in [0.5, 0.6) is 11.6 Å². The largest absolute Gasteiger partial charge is 0.489 e. The summed E-state index contributed by atoms with van der Waals surface area (Å²) in [4.78, 5) is 8.92. The molecule has 30 heavy (non-hydrogen) atoms. The Hall–Kier alpha value is -2.07. The fourth-order valence-corrected chi connectivity index (χ4v) is 2.52. The number of aromatic nitrogens is 1. The smallest absolute Gasteiger partial charge is 0.213 e. The van der Waals surface area contributed by atoms with E-state index in [1.54, 1.807) is 13.3 Å². The zero-order valence-electron chi connectivity index (χ0n) is 18.2.